The molecule has 0 saturated heterocycles. The molecule has 4 aromatic rings. The van der Waals surface area contributed by atoms with Gasteiger partial charge in [-0.15, -0.1) is 0 Å². The van der Waals surface area contributed by atoms with Gasteiger partial charge < -0.3 is 5.32 Å². The van der Waals surface area contributed by atoms with Gasteiger partial charge in [0.05, 0.1) is 16.8 Å². The lowest BCUT2D eigenvalue weighted by molar-refractivity contribution is -0.137. The van der Waals surface area contributed by atoms with Crippen LogP contribution >= 0.6 is 0 Å². The zero-order valence-electron chi connectivity index (χ0n) is 16.7. The maximum absolute atomic E-state index is 13.4. The lowest BCUT2D eigenvalue weighted by atomic mass is 10.0. The first-order chi connectivity index (χ1) is 14.9. The molecular weight excluding hydrogens is 401 g/mol. The van der Waals surface area contributed by atoms with Crippen LogP contribution in [0.3, 0.4) is 0 Å². The van der Waals surface area contributed by atoms with E-state index in [9.17, 15) is 13.2 Å². The minimum absolute atomic E-state index is 0.108. The largest absolute Gasteiger partial charge is 0.418 e. The predicted octanol–water partition coefficient (Wildman–Crippen LogP) is 6.07. The van der Waals surface area contributed by atoms with Gasteiger partial charge in [0.1, 0.15) is 12.1 Å². The standard InChI is InChI=1S/C24H19F3N4/c1-23(13-19(23)15-6-3-2-4-7-15)31-22-17-10-9-16(12-20(17)29-14-30-22)21-18(24(25,26)27)8-5-11-28-21/h2-12,14,19H,13H2,1H3,(H,29,30,31)/t19?,23-/m1/s1. The van der Waals surface area contributed by atoms with Crippen molar-refractivity contribution >= 4 is 16.7 Å². The van der Waals surface area contributed by atoms with E-state index in [4.69, 9.17) is 0 Å². The third-order valence-electron chi connectivity index (χ3n) is 5.87. The Hall–Kier alpha value is -3.48. The lowest BCUT2D eigenvalue weighted by Gasteiger charge is -2.17. The molecule has 1 unspecified atom stereocenters. The topological polar surface area (TPSA) is 50.7 Å². The molecule has 0 aliphatic heterocycles. The summed E-state index contributed by atoms with van der Waals surface area (Å²) in [6.45, 7) is 2.15. The number of hydrogen-bond acceptors (Lipinski definition) is 4. The van der Waals surface area contributed by atoms with Crippen molar-refractivity contribution in [3.8, 4) is 11.3 Å². The first-order valence-electron chi connectivity index (χ1n) is 9.96. The van der Waals surface area contributed by atoms with E-state index in [0.29, 0.717) is 22.8 Å². The van der Waals surface area contributed by atoms with Gasteiger partial charge in [0.25, 0.3) is 0 Å². The third kappa shape index (κ3) is 3.60. The van der Waals surface area contributed by atoms with E-state index < -0.39 is 11.7 Å². The number of fused-ring (bicyclic) bond motifs is 1. The van der Waals surface area contributed by atoms with Crippen LogP contribution in [0.2, 0.25) is 0 Å². The smallest absolute Gasteiger partial charge is 0.364 e. The van der Waals surface area contributed by atoms with E-state index in [1.54, 1.807) is 18.2 Å². The summed E-state index contributed by atoms with van der Waals surface area (Å²) in [4.78, 5) is 12.7. The third-order valence-corrected chi connectivity index (χ3v) is 5.87. The summed E-state index contributed by atoms with van der Waals surface area (Å²) < 4.78 is 40.2. The van der Waals surface area contributed by atoms with Crippen LogP contribution in [0.1, 0.15) is 30.4 Å². The van der Waals surface area contributed by atoms with Crippen molar-refractivity contribution in [1.82, 2.24) is 15.0 Å². The van der Waals surface area contributed by atoms with Crippen molar-refractivity contribution < 1.29 is 13.2 Å². The average Bonchev–Trinajstić information content (AvgIpc) is 3.44. The van der Waals surface area contributed by atoms with E-state index in [1.807, 2.05) is 18.2 Å². The van der Waals surface area contributed by atoms with Crippen molar-refractivity contribution in [3.63, 3.8) is 0 Å². The first kappa shape index (κ1) is 19.5. The molecule has 2 atom stereocenters. The summed E-state index contributed by atoms with van der Waals surface area (Å²) in [6.07, 6.45) is -0.715. The fraction of sp³-hybridized carbons (Fsp3) is 0.208. The van der Waals surface area contributed by atoms with Crippen LogP contribution in [0.5, 0.6) is 0 Å². The SMILES string of the molecule is C[C@@]1(Nc2ncnc3cc(-c4ncccc4C(F)(F)F)ccc23)CC1c1ccccc1. The number of halogens is 3. The molecule has 0 radical (unpaired) electrons. The second-order valence-corrected chi connectivity index (χ2v) is 8.06. The van der Waals surface area contributed by atoms with Gasteiger partial charge in [-0.1, -0.05) is 36.4 Å². The second kappa shape index (κ2) is 7.04. The molecule has 0 spiro atoms. The molecule has 1 saturated carbocycles. The Morgan fingerprint density at radius 2 is 1.77 bits per heavy atom. The number of nitrogens with zero attached hydrogens (tertiary/aromatic N) is 3. The normalized spacial score (nSPS) is 20.6. The highest BCUT2D eigenvalue weighted by atomic mass is 19.4. The van der Waals surface area contributed by atoms with E-state index in [-0.39, 0.29) is 11.2 Å². The average molecular weight is 420 g/mol. The number of benzene rings is 2. The summed E-state index contributed by atoms with van der Waals surface area (Å²) in [5, 5.41) is 4.29. The van der Waals surface area contributed by atoms with Gasteiger partial charge in [-0.05, 0) is 43.2 Å². The number of pyridine rings is 1. The molecule has 2 aromatic carbocycles. The fourth-order valence-electron chi connectivity index (χ4n) is 4.11. The Kier molecular flexibility index (Phi) is 4.43. The number of anilines is 1. The van der Waals surface area contributed by atoms with Gasteiger partial charge in [-0.2, -0.15) is 13.2 Å². The van der Waals surface area contributed by atoms with Crippen LogP contribution in [0, 0.1) is 0 Å². The highest BCUT2D eigenvalue weighted by Crippen LogP contribution is 2.53. The van der Waals surface area contributed by atoms with Crippen molar-refractivity contribution in [3.05, 3.63) is 84.3 Å². The molecule has 1 aliphatic carbocycles. The quantitative estimate of drug-likeness (QED) is 0.435. The highest BCUT2D eigenvalue weighted by molar-refractivity contribution is 5.92. The molecule has 1 N–H and O–H groups in total. The van der Waals surface area contributed by atoms with Gasteiger partial charge in [0.15, 0.2) is 0 Å². The van der Waals surface area contributed by atoms with E-state index >= 15 is 0 Å². The van der Waals surface area contributed by atoms with Crippen molar-refractivity contribution in [2.45, 2.75) is 31.0 Å². The van der Waals surface area contributed by atoms with Crippen LogP contribution in [-0.2, 0) is 6.18 Å². The monoisotopic (exact) mass is 420 g/mol. The Bertz CT molecular complexity index is 1260. The zero-order valence-corrected chi connectivity index (χ0v) is 16.7. The maximum atomic E-state index is 13.4. The molecule has 0 amide bonds. The van der Waals surface area contributed by atoms with Gasteiger partial charge in [0.2, 0.25) is 0 Å². The van der Waals surface area contributed by atoms with Crippen LogP contribution in [0.25, 0.3) is 22.2 Å². The summed E-state index contributed by atoms with van der Waals surface area (Å²) in [7, 11) is 0. The van der Waals surface area contributed by atoms with Crippen LogP contribution in [0.15, 0.2) is 73.2 Å². The molecule has 7 heteroatoms. The molecular formula is C24H19F3N4. The van der Waals surface area contributed by atoms with Gasteiger partial charge >= 0.3 is 6.18 Å². The minimum Gasteiger partial charge on any atom is -0.364 e. The summed E-state index contributed by atoms with van der Waals surface area (Å²) in [5.41, 5.74) is 1.19. The van der Waals surface area contributed by atoms with Crippen LogP contribution in [0.4, 0.5) is 19.0 Å². The number of rotatable bonds is 4. The number of nitrogens with one attached hydrogen (secondary N) is 1. The lowest BCUT2D eigenvalue weighted by Crippen LogP contribution is -2.20. The van der Waals surface area contributed by atoms with E-state index in [0.717, 1.165) is 17.9 Å². The Balaban J connectivity index is 1.49. The minimum atomic E-state index is -4.48. The molecule has 1 aliphatic rings. The highest BCUT2D eigenvalue weighted by Gasteiger charge is 2.51. The molecule has 1 fully saturated rings. The zero-order chi connectivity index (χ0) is 21.6. The Morgan fingerprint density at radius 1 is 0.968 bits per heavy atom. The second-order valence-electron chi connectivity index (χ2n) is 8.06. The molecule has 156 valence electrons. The molecule has 0 bridgehead atoms. The molecule has 2 aromatic heterocycles. The first-order valence-corrected chi connectivity index (χ1v) is 9.96. The summed E-state index contributed by atoms with van der Waals surface area (Å²) >= 11 is 0. The van der Waals surface area contributed by atoms with Gasteiger partial charge in [0, 0.05) is 28.6 Å². The van der Waals surface area contributed by atoms with Crippen LogP contribution < -0.4 is 5.32 Å². The molecule has 2 heterocycles. The predicted molar refractivity (Wildman–Crippen MR) is 114 cm³/mol. The summed E-state index contributed by atoms with van der Waals surface area (Å²) in [5.74, 6) is 1.05. The van der Waals surface area contributed by atoms with E-state index in [2.05, 4.69) is 39.3 Å². The Labute approximate surface area is 177 Å². The summed E-state index contributed by atoms with van der Waals surface area (Å²) in [6, 6.07) is 17.6. The molecule has 31 heavy (non-hydrogen) atoms. The fourth-order valence-corrected chi connectivity index (χ4v) is 4.11. The van der Waals surface area contributed by atoms with Crippen molar-refractivity contribution in [1.29, 1.82) is 0 Å². The van der Waals surface area contributed by atoms with Crippen LogP contribution in [-0.4, -0.2) is 20.5 Å². The van der Waals surface area contributed by atoms with Crippen molar-refractivity contribution in [2.24, 2.45) is 0 Å². The van der Waals surface area contributed by atoms with Gasteiger partial charge in [-0.25, -0.2) is 9.97 Å². The molecule has 5 rings (SSSR count). The Morgan fingerprint density at radius 3 is 2.55 bits per heavy atom. The van der Waals surface area contributed by atoms with Gasteiger partial charge in [-0.3, -0.25) is 4.98 Å². The number of alkyl halides is 3. The number of aromatic nitrogens is 3. The molecule has 4 nitrogen and oxygen atoms in total. The van der Waals surface area contributed by atoms with E-state index in [1.165, 1.54) is 24.2 Å². The number of hydrogen-bond donors (Lipinski definition) is 1. The maximum Gasteiger partial charge on any atom is 0.418 e. The van der Waals surface area contributed by atoms with Crippen molar-refractivity contribution in [2.75, 3.05) is 5.32 Å².